The van der Waals surface area contributed by atoms with Crippen molar-refractivity contribution in [3.05, 3.63) is 84.3 Å². The number of methoxy groups -OCH3 is 1. The van der Waals surface area contributed by atoms with Gasteiger partial charge in [-0.3, -0.25) is 4.98 Å². The Labute approximate surface area is 183 Å². The largest absolute Gasteiger partial charge is 0.463 e. The lowest BCUT2D eigenvalue weighted by molar-refractivity contribution is 0.0566. The van der Waals surface area contributed by atoms with Crippen molar-refractivity contribution in [1.82, 2.24) is 8.96 Å². The Bertz CT molecular complexity index is 1600. The van der Waals surface area contributed by atoms with E-state index in [9.17, 15) is 13.2 Å². The zero-order valence-corrected chi connectivity index (χ0v) is 18.1. The van der Waals surface area contributed by atoms with Crippen LogP contribution in [0.1, 0.15) is 16.1 Å². The number of pyridine rings is 1. The van der Waals surface area contributed by atoms with Crippen LogP contribution < -0.4 is 0 Å². The Morgan fingerprint density at radius 2 is 1.72 bits per heavy atom. The van der Waals surface area contributed by atoms with Gasteiger partial charge in [-0.05, 0) is 43.3 Å². The zero-order chi connectivity index (χ0) is 22.5. The number of ether oxygens (including phenoxy) is 1. The molecule has 0 saturated heterocycles. The number of fused-ring (bicyclic) bond motifs is 3. The van der Waals surface area contributed by atoms with E-state index in [4.69, 9.17) is 9.15 Å². The third kappa shape index (κ3) is 2.99. The summed E-state index contributed by atoms with van der Waals surface area (Å²) in [6, 6.07) is 18.7. The zero-order valence-electron chi connectivity index (χ0n) is 17.3. The molecule has 32 heavy (non-hydrogen) atoms. The molecule has 5 aromatic rings. The molecule has 0 spiro atoms. The van der Waals surface area contributed by atoms with E-state index in [-0.39, 0.29) is 10.7 Å². The van der Waals surface area contributed by atoms with E-state index < -0.39 is 16.0 Å². The molecule has 0 unspecified atom stereocenters. The van der Waals surface area contributed by atoms with Gasteiger partial charge in [-0.15, -0.1) is 0 Å². The molecule has 2 aromatic carbocycles. The van der Waals surface area contributed by atoms with E-state index in [1.54, 1.807) is 48.5 Å². The van der Waals surface area contributed by atoms with Crippen molar-refractivity contribution < 1.29 is 22.4 Å². The minimum atomic E-state index is -3.89. The van der Waals surface area contributed by atoms with Crippen molar-refractivity contribution in [2.45, 2.75) is 11.8 Å². The fraction of sp³-hybridized carbons (Fsp3) is 0.0833. The molecule has 3 aromatic heterocycles. The standard InChI is InChI=1S/C24H18N2O5S/c1-15-7-9-16(10-8-15)32(28,29)26-18-6-4-3-5-17(18)22-19(26)13-14-25-23(22)20-11-12-21(31-20)24(27)30-2/h3-14H,1-2H3. The summed E-state index contributed by atoms with van der Waals surface area (Å²) in [7, 11) is -2.62. The molecule has 8 heteroatoms. The predicted molar refractivity (Wildman–Crippen MR) is 120 cm³/mol. The first-order chi connectivity index (χ1) is 15.4. The number of carbonyl (C=O) groups excluding carboxylic acids is 1. The second kappa shape index (κ2) is 7.35. The number of nitrogens with zero attached hydrogens (tertiary/aromatic N) is 2. The Morgan fingerprint density at radius 1 is 0.969 bits per heavy atom. The summed E-state index contributed by atoms with van der Waals surface area (Å²) in [6.45, 7) is 1.90. The van der Waals surface area contributed by atoms with Crippen LogP contribution in [-0.4, -0.2) is 30.5 Å². The summed E-state index contributed by atoms with van der Waals surface area (Å²) in [4.78, 5) is 16.5. The minimum Gasteiger partial charge on any atom is -0.463 e. The molecule has 0 aliphatic heterocycles. The second-order valence-corrected chi connectivity index (χ2v) is 9.10. The van der Waals surface area contributed by atoms with Crippen molar-refractivity contribution in [1.29, 1.82) is 0 Å². The highest BCUT2D eigenvalue weighted by atomic mass is 32.2. The summed E-state index contributed by atoms with van der Waals surface area (Å²) in [5.74, 6) is -0.225. The molecule has 0 saturated carbocycles. The van der Waals surface area contributed by atoms with Crippen molar-refractivity contribution in [2.75, 3.05) is 7.11 Å². The molecule has 0 N–H and O–H groups in total. The van der Waals surface area contributed by atoms with Crippen molar-refractivity contribution in [3.63, 3.8) is 0 Å². The Kier molecular flexibility index (Phi) is 4.60. The van der Waals surface area contributed by atoms with Gasteiger partial charge < -0.3 is 9.15 Å². The fourth-order valence-corrected chi connectivity index (χ4v) is 5.34. The van der Waals surface area contributed by atoms with E-state index in [1.165, 1.54) is 23.3 Å². The Balaban J connectivity index is 1.83. The van der Waals surface area contributed by atoms with Crippen LogP contribution in [0.3, 0.4) is 0 Å². The van der Waals surface area contributed by atoms with Gasteiger partial charge in [-0.2, -0.15) is 0 Å². The lowest BCUT2D eigenvalue weighted by Crippen LogP contribution is -2.12. The van der Waals surface area contributed by atoms with Gasteiger partial charge in [0.1, 0.15) is 5.69 Å². The molecule has 0 amide bonds. The maximum Gasteiger partial charge on any atom is 0.373 e. The van der Waals surface area contributed by atoms with Gasteiger partial charge in [0.05, 0.1) is 23.0 Å². The molecule has 0 atom stereocenters. The average Bonchev–Trinajstić information content (AvgIpc) is 3.42. The summed E-state index contributed by atoms with van der Waals surface area (Å²) in [5.41, 5.74) is 2.40. The first-order valence-corrected chi connectivity index (χ1v) is 11.2. The first kappa shape index (κ1) is 20.0. The van der Waals surface area contributed by atoms with Crippen LogP contribution in [0, 0.1) is 6.92 Å². The molecular formula is C24H18N2O5S. The summed E-state index contributed by atoms with van der Waals surface area (Å²) < 4.78 is 39.1. The van der Waals surface area contributed by atoms with E-state index in [0.29, 0.717) is 33.3 Å². The van der Waals surface area contributed by atoms with Gasteiger partial charge in [0.25, 0.3) is 10.0 Å². The maximum atomic E-state index is 13.7. The number of benzene rings is 2. The van der Waals surface area contributed by atoms with Crippen LogP contribution in [-0.2, 0) is 14.8 Å². The lowest BCUT2D eigenvalue weighted by atomic mass is 10.1. The number of aromatic nitrogens is 2. The molecule has 0 radical (unpaired) electrons. The number of hydrogen-bond donors (Lipinski definition) is 0. The molecule has 7 nitrogen and oxygen atoms in total. The van der Waals surface area contributed by atoms with Gasteiger partial charge in [-0.25, -0.2) is 17.2 Å². The van der Waals surface area contributed by atoms with E-state index in [2.05, 4.69) is 4.98 Å². The SMILES string of the molecule is COC(=O)c1ccc(-c2nccc3c2c2ccccc2n3S(=O)(=O)c2ccc(C)cc2)o1. The van der Waals surface area contributed by atoms with Gasteiger partial charge in [0.15, 0.2) is 5.76 Å². The molecule has 0 aliphatic carbocycles. The number of carbonyl (C=O) groups is 1. The quantitative estimate of drug-likeness (QED) is 0.369. The number of esters is 1. The highest BCUT2D eigenvalue weighted by molar-refractivity contribution is 7.90. The Morgan fingerprint density at radius 3 is 2.47 bits per heavy atom. The van der Waals surface area contributed by atoms with Crippen LogP contribution in [0.15, 0.2) is 82.2 Å². The molecule has 160 valence electrons. The van der Waals surface area contributed by atoms with E-state index in [1.807, 2.05) is 19.1 Å². The number of rotatable bonds is 4. The van der Waals surface area contributed by atoms with Crippen LogP contribution >= 0.6 is 0 Å². The van der Waals surface area contributed by atoms with Crippen molar-refractivity contribution in [2.24, 2.45) is 0 Å². The van der Waals surface area contributed by atoms with E-state index in [0.717, 1.165) is 5.56 Å². The number of furan rings is 1. The van der Waals surface area contributed by atoms with Crippen molar-refractivity contribution >= 4 is 37.8 Å². The summed E-state index contributed by atoms with van der Waals surface area (Å²) in [6.07, 6.45) is 1.53. The number of hydrogen-bond acceptors (Lipinski definition) is 6. The number of para-hydroxylation sites is 1. The average molecular weight is 446 g/mol. The third-order valence-electron chi connectivity index (χ3n) is 5.33. The van der Waals surface area contributed by atoms with Crippen LogP contribution in [0.5, 0.6) is 0 Å². The van der Waals surface area contributed by atoms with Crippen LogP contribution in [0.4, 0.5) is 0 Å². The van der Waals surface area contributed by atoms with Gasteiger partial charge in [0, 0.05) is 17.0 Å². The van der Waals surface area contributed by atoms with Crippen LogP contribution in [0.25, 0.3) is 33.3 Å². The van der Waals surface area contributed by atoms with Gasteiger partial charge in [-0.1, -0.05) is 35.9 Å². The molecule has 0 bridgehead atoms. The predicted octanol–water partition coefficient (Wildman–Crippen LogP) is 4.78. The highest BCUT2D eigenvalue weighted by Gasteiger charge is 2.26. The first-order valence-electron chi connectivity index (χ1n) is 9.81. The lowest BCUT2D eigenvalue weighted by Gasteiger charge is -2.10. The number of aryl methyl sites for hydroxylation is 1. The molecular weight excluding hydrogens is 428 g/mol. The fourth-order valence-electron chi connectivity index (χ4n) is 3.82. The minimum absolute atomic E-state index is 0.0392. The molecule has 5 rings (SSSR count). The topological polar surface area (TPSA) is 91.4 Å². The molecule has 3 heterocycles. The monoisotopic (exact) mass is 446 g/mol. The molecule has 0 fully saturated rings. The Hall–Kier alpha value is -3.91. The summed E-state index contributed by atoms with van der Waals surface area (Å²) >= 11 is 0. The normalized spacial score (nSPS) is 11.8. The highest BCUT2D eigenvalue weighted by Crippen LogP contribution is 2.37. The second-order valence-electron chi connectivity index (χ2n) is 7.31. The third-order valence-corrected chi connectivity index (χ3v) is 7.07. The summed E-state index contributed by atoms with van der Waals surface area (Å²) in [5, 5.41) is 1.32. The van der Waals surface area contributed by atoms with Crippen molar-refractivity contribution in [3.8, 4) is 11.5 Å². The van der Waals surface area contributed by atoms with Gasteiger partial charge in [0.2, 0.25) is 5.76 Å². The van der Waals surface area contributed by atoms with Gasteiger partial charge >= 0.3 is 5.97 Å². The molecule has 0 aliphatic rings. The van der Waals surface area contributed by atoms with Crippen LogP contribution in [0.2, 0.25) is 0 Å². The van der Waals surface area contributed by atoms with E-state index >= 15 is 0 Å². The smallest absolute Gasteiger partial charge is 0.373 e. The maximum absolute atomic E-state index is 13.7.